The first-order valence-corrected chi connectivity index (χ1v) is 7.59. The minimum absolute atomic E-state index is 0.163. The summed E-state index contributed by atoms with van der Waals surface area (Å²) in [6, 6.07) is 8.33. The normalized spacial score (nSPS) is 30.9. The van der Waals surface area contributed by atoms with Crippen LogP contribution in [0.25, 0.3) is 0 Å². The lowest BCUT2D eigenvalue weighted by atomic mass is 9.88. The minimum atomic E-state index is -0.698. The van der Waals surface area contributed by atoms with Crippen LogP contribution in [0.5, 0.6) is 0 Å². The van der Waals surface area contributed by atoms with Gasteiger partial charge < -0.3 is 9.47 Å². The molecule has 3 heteroatoms. The van der Waals surface area contributed by atoms with E-state index in [2.05, 4.69) is 38.1 Å². The second-order valence-electron chi connectivity index (χ2n) is 5.97. The lowest BCUT2D eigenvalue weighted by Gasteiger charge is -2.12. The van der Waals surface area contributed by atoms with Crippen molar-refractivity contribution in [3.63, 3.8) is 0 Å². The summed E-state index contributed by atoms with van der Waals surface area (Å²) in [5.74, 6) is -0.163. The molecule has 2 unspecified atom stereocenters. The highest BCUT2D eigenvalue weighted by Gasteiger charge is 2.78. The van der Waals surface area contributed by atoms with E-state index < -0.39 is 11.2 Å². The van der Waals surface area contributed by atoms with Crippen LogP contribution in [0.2, 0.25) is 0 Å². The Bertz CT molecular complexity index is 507. The third-order valence-corrected chi connectivity index (χ3v) is 4.60. The molecule has 0 spiro atoms. The first-order chi connectivity index (χ1) is 9.64. The zero-order valence-corrected chi connectivity index (χ0v) is 12.3. The molecule has 1 saturated heterocycles. The summed E-state index contributed by atoms with van der Waals surface area (Å²) in [4.78, 5) is 12.4. The third-order valence-electron chi connectivity index (χ3n) is 4.60. The van der Waals surface area contributed by atoms with Gasteiger partial charge in [-0.05, 0) is 38.2 Å². The maximum atomic E-state index is 12.4. The van der Waals surface area contributed by atoms with Crippen molar-refractivity contribution in [2.24, 2.45) is 0 Å². The van der Waals surface area contributed by atoms with Crippen LogP contribution < -0.4 is 0 Å². The Kier molecular flexibility index (Phi) is 3.33. The molecule has 108 valence electrons. The molecule has 1 aromatic rings. The van der Waals surface area contributed by atoms with Gasteiger partial charge >= 0.3 is 5.97 Å². The summed E-state index contributed by atoms with van der Waals surface area (Å²) in [5.41, 5.74) is 1.23. The summed E-state index contributed by atoms with van der Waals surface area (Å²) < 4.78 is 11.4. The fraction of sp³-hybridized carbons (Fsp3) is 0.588. The van der Waals surface area contributed by atoms with E-state index in [4.69, 9.17) is 9.47 Å². The molecule has 3 rings (SSSR count). The number of ether oxygens (including phenoxy) is 2. The number of fused-ring (bicyclic) bond motifs is 1. The largest absolute Gasteiger partial charge is 0.463 e. The van der Waals surface area contributed by atoms with E-state index in [0.717, 1.165) is 37.7 Å². The van der Waals surface area contributed by atoms with Crippen molar-refractivity contribution < 1.29 is 14.3 Å². The predicted molar refractivity (Wildman–Crippen MR) is 76.4 cm³/mol. The Hall–Kier alpha value is -1.35. The highest BCUT2D eigenvalue weighted by molar-refractivity contribution is 5.86. The van der Waals surface area contributed by atoms with Crippen molar-refractivity contribution in [2.75, 3.05) is 6.61 Å². The van der Waals surface area contributed by atoms with Crippen molar-refractivity contribution in [3.8, 4) is 0 Å². The van der Waals surface area contributed by atoms with Crippen LogP contribution in [0, 0.1) is 6.92 Å². The molecule has 0 bridgehead atoms. The second kappa shape index (κ2) is 4.88. The van der Waals surface area contributed by atoms with Gasteiger partial charge in [0.1, 0.15) is 5.60 Å². The molecule has 0 N–H and O–H groups in total. The third kappa shape index (κ3) is 1.87. The van der Waals surface area contributed by atoms with Crippen molar-refractivity contribution in [1.82, 2.24) is 0 Å². The van der Waals surface area contributed by atoms with Gasteiger partial charge in [0.25, 0.3) is 0 Å². The van der Waals surface area contributed by atoms with Crippen molar-refractivity contribution in [2.45, 2.75) is 57.2 Å². The molecule has 3 nitrogen and oxygen atoms in total. The molecule has 0 amide bonds. The van der Waals surface area contributed by atoms with Gasteiger partial charge in [0.05, 0.1) is 6.61 Å². The average Bonchev–Trinajstić information content (AvgIpc) is 2.98. The molecule has 1 saturated carbocycles. The van der Waals surface area contributed by atoms with E-state index in [-0.39, 0.29) is 5.97 Å². The molecule has 1 aromatic carbocycles. The summed E-state index contributed by atoms with van der Waals surface area (Å²) in [6.45, 7) is 4.66. The van der Waals surface area contributed by atoms with Crippen LogP contribution in [0.4, 0.5) is 0 Å². The zero-order valence-electron chi connectivity index (χ0n) is 12.3. The zero-order chi connectivity index (χ0) is 14.2. The highest BCUT2D eigenvalue weighted by atomic mass is 16.7. The Morgan fingerprint density at radius 1 is 1.30 bits per heavy atom. The fourth-order valence-corrected chi connectivity index (χ4v) is 3.36. The van der Waals surface area contributed by atoms with Gasteiger partial charge in [-0.2, -0.15) is 0 Å². The molecule has 2 aliphatic rings. The van der Waals surface area contributed by atoms with Crippen LogP contribution in [-0.4, -0.2) is 18.2 Å². The number of aryl methyl sites for hydroxylation is 1. The maximum Gasteiger partial charge on any atom is 0.341 e. The van der Waals surface area contributed by atoms with E-state index in [0.29, 0.717) is 6.61 Å². The molecular formula is C17H22O3. The number of epoxide rings is 1. The van der Waals surface area contributed by atoms with Crippen LogP contribution in [0.3, 0.4) is 0 Å². The van der Waals surface area contributed by atoms with Gasteiger partial charge in [0.2, 0.25) is 0 Å². The number of benzene rings is 1. The molecular weight excluding hydrogens is 252 g/mol. The SMILES string of the molecule is CCCCOC(=O)C12CCCC1(c1ccc(C)cc1)O2. The Balaban J connectivity index is 1.78. The van der Waals surface area contributed by atoms with Gasteiger partial charge in [-0.15, -0.1) is 0 Å². The number of carbonyl (C=O) groups excluding carboxylic acids is 1. The van der Waals surface area contributed by atoms with Crippen LogP contribution in [-0.2, 0) is 19.9 Å². The number of hydrogen-bond acceptors (Lipinski definition) is 3. The average molecular weight is 274 g/mol. The smallest absolute Gasteiger partial charge is 0.341 e. The van der Waals surface area contributed by atoms with E-state index >= 15 is 0 Å². The minimum Gasteiger partial charge on any atom is -0.463 e. The van der Waals surface area contributed by atoms with Crippen LogP contribution in [0.1, 0.15) is 50.2 Å². The van der Waals surface area contributed by atoms with Gasteiger partial charge in [0, 0.05) is 0 Å². The van der Waals surface area contributed by atoms with Gasteiger partial charge in [0.15, 0.2) is 5.60 Å². The van der Waals surface area contributed by atoms with E-state index in [9.17, 15) is 4.79 Å². The van der Waals surface area contributed by atoms with Gasteiger partial charge in [-0.3, -0.25) is 0 Å². The summed E-state index contributed by atoms with van der Waals surface area (Å²) >= 11 is 0. The Morgan fingerprint density at radius 3 is 2.75 bits per heavy atom. The fourth-order valence-electron chi connectivity index (χ4n) is 3.36. The topological polar surface area (TPSA) is 38.8 Å². The molecule has 1 aliphatic carbocycles. The summed E-state index contributed by atoms with van der Waals surface area (Å²) in [7, 11) is 0. The molecule has 0 radical (unpaired) electrons. The second-order valence-corrected chi connectivity index (χ2v) is 5.97. The van der Waals surface area contributed by atoms with Crippen molar-refractivity contribution in [3.05, 3.63) is 35.4 Å². The molecule has 2 atom stereocenters. The van der Waals surface area contributed by atoms with E-state index in [1.165, 1.54) is 5.56 Å². The molecule has 20 heavy (non-hydrogen) atoms. The predicted octanol–water partition coefficient (Wildman–Crippen LogP) is 3.49. The van der Waals surface area contributed by atoms with Crippen LogP contribution in [0.15, 0.2) is 24.3 Å². The number of rotatable bonds is 5. The maximum absolute atomic E-state index is 12.4. The van der Waals surface area contributed by atoms with E-state index in [1.54, 1.807) is 0 Å². The lowest BCUT2D eigenvalue weighted by Crippen LogP contribution is -2.30. The number of esters is 1. The standard InChI is InChI=1S/C17H22O3/c1-3-4-12-19-15(18)17-11-5-10-16(17,20-17)14-8-6-13(2)7-9-14/h6-9H,3-5,10-12H2,1-2H3. The van der Waals surface area contributed by atoms with Gasteiger partial charge in [-0.1, -0.05) is 43.2 Å². The number of hydrogen-bond donors (Lipinski definition) is 0. The molecule has 1 aliphatic heterocycles. The Labute approximate surface area is 120 Å². The highest BCUT2D eigenvalue weighted by Crippen LogP contribution is 2.66. The number of carbonyl (C=O) groups is 1. The monoisotopic (exact) mass is 274 g/mol. The van der Waals surface area contributed by atoms with Crippen molar-refractivity contribution in [1.29, 1.82) is 0 Å². The molecule has 1 heterocycles. The number of unbranched alkanes of at least 4 members (excludes halogenated alkanes) is 1. The summed E-state index contributed by atoms with van der Waals surface area (Å²) in [5, 5.41) is 0. The first-order valence-electron chi connectivity index (χ1n) is 7.59. The van der Waals surface area contributed by atoms with Gasteiger partial charge in [-0.25, -0.2) is 4.79 Å². The summed E-state index contributed by atoms with van der Waals surface area (Å²) in [6.07, 6.45) is 4.67. The van der Waals surface area contributed by atoms with Crippen LogP contribution >= 0.6 is 0 Å². The van der Waals surface area contributed by atoms with E-state index in [1.807, 2.05) is 0 Å². The first kappa shape index (κ1) is 13.6. The Morgan fingerprint density at radius 2 is 2.05 bits per heavy atom. The molecule has 0 aromatic heterocycles. The lowest BCUT2D eigenvalue weighted by molar-refractivity contribution is -0.150. The quantitative estimate of drug-likeness (QED) is 0.469. The molecule has 2 fully saturated rings. The van der Waals surface area contributed by atoms with Crippen molar-refractivity contribution >= 4 is 5.97 Å².